The largest absolute Gasteiger partial charge is 0.461 e. The van der Waals surface area contributed by atoms with Gasteiger partial charge in [-0.15, -0.1) is 0 Å². The lowest BCUT2D eigenvalue weighted by Crippen LogP contribution is -2.06. The Morgan fingerprint density at radius 1 is 1.18 bits per heavy atom. The predicted molar refractivity (Wildman–Crippen MR) is 84.6 cm³/mol. The van der Waals surface area contributed by atoms with Crippen molar-refractivity contribution >= 4 is 5.97 Å². The molecular formula is C18H21NO3. The van der Waals surface area contributed by atoms with E-state index in [0.717, 1.165) is 12.0 Å². The first-order valence-electron chi connectivity index (χ1n) is 7.46. The van der Waals surface area contributed by atoms with Crippen molar-refractivity contribution in [3.05, 3.63) is 54.4 Å². The SMILES string of the molecule is CC(C)CCC(=O)OCc1ccccc1Oc1cccnc1. The van der Waals surface area contributed by atoms with Crippen molar-refractivity contribution in [3.8, 4) is 11.5 Å². The second-order valence-electron chi connectivity index (χ2n) is 5.49. The molecular weight excluding hydrogens is 278 g/mol. The van der Waals surface area contributed by atoms with Gasteiger partial charge in [-0.1, -0.05) is 32.0 Å². The Balaban J connectivity index is 1.95. The molecule has 4 nitrogen and oxygen atoms in total. The molecule has 4 heteroatoms. The van der Waals surface area contributed by atoms with Crippen LogP contribution >= 0.6 is 0 Å². The summed E-state index contributed by atoms with van der Waals surface area (Å²) in [7, 11) is 0. The molecule has 2 rings (SSSR count). The van der Waals surface area contributed by atoms with Gasteiger partial charge < -0.3 is 9.47 Å². The first-order chi connectivity index (χ1) is 10.6. The zero-order chi connectivity index (χ0) is 15.8. The van der Waals surface area contributed by atoms with Gasteiger partial charge in [0, 0.05) is 18.2 Å². The maximum Gasteiger partial charge on any atom is 0.306 e. The van der Waals surface area contributed by atoms with E-state index in [1.165, 1.54) is 0 Å². The van der Waals surface area contributed by atoms with Crippen molar-refractivity contribution in [1.29, 1.82) is 0 Å². The van der Waals surface area contributed by atoms with Crippen LogP contribution in [0.3, 0.4) is 0 Å². The summed E-state index contributed by atoms with van der Waals surface area (Å²) in [5.41, 5.74) is 0.837. The standard InChI is InChI=1S/C18H21NO3/c1-14(2)9-10-18(20)21-13-15-6-3-4-8-17(15)22-16-7-5-11-19-12-16/h3-8,11-12,14H,9-10,13H2,1-2H3. The number of rotatable bonds is 7. The lowest BCUT2D eigenvalue weighted by atomic mass is 10.1. The average molecular weight is 299 g/mol. The molecule has 0 aliphatic carbocycles. The Morgan fingerprint density at radius 3 is 2.73 bits per heavy atom. The number of esters is 1. The van der Waals surface area contributed by atoms with E-state index >= 15 is 0 Å². The molecule has 0 atom stereocenters. The number of aromatic nitrogens is 1. The fourth-order valence-corrected chi connectivity index (χ4v) is 1.89. The molecule has 22 heavy (non-hydrogen) atoms. The van der Waals surface area contributed by atoms with E-state index in [1.54, 1.807) is 12.4 Å². The first-order valence-corrected chi connectivity index (χ1v) is 7.46. The van der Waals surface area contributed by atoms with Crippen LogP contribution in [0.15, 0.2) is 48.8 Å². The van der Waals surface area contributed by atoms with Gasteiger partial charge in [0.2, 0.25) is 0 Å². The molecule has 0 aliphatic heterocycles. The molecule has 0 saturated heterocycles. The molecule has 0 fully saturated rings. The molecule has 0 N–H and O–H groups in total. The van der Waals surface area contributed by atoms with Gasteiger partial charge in [-0.3, -0.25) is 9.78 Å². The molecule has 0 bridgehead atoms. The number of carbonyl (C=O) groups is 1. The van der Waals surface area contributed by atoms with E-state index in [-0.39, 0.29) is 12.6 Å². The molecule has 1 aromatic carbocycles. The molecule has 0 aliphatic rings. The second-order valence-corrected chi connectivity index (χ2v) is 5.49. The predicted octanol–water partition coefficient (Wildman–Crippen LogP) is 4.35. The molecule has 1 heterocycles. The summed E-state index contributed by atoms with van der Waals surface area (Å²) < 4.78 is 11.1. The zero-order valence-corrected chi connectivity index (χ0v) is 13.0. The number of hydrogen-bond donors (Lipinski definition) is 0. The number of ether oxygens (including phenoxy) is 2. The quantitative estimate of drug-likeness (QED) is 0.713. The van der Waals surface area contributed by atoms with E-state index in [9.17, 15) is 4.79 Å². The summed E-state index contributed by atoms with van der Waals surface area (Å²) in [6, 6.07) is 11.2. The van der Waals surface area contributed by atoms with Crippen molar-refractivity contribution in [2.75, 3.05) is 0 Å². The lowest BCUT2D eigenvalue weighted by molar-refractivity contribution is -0.145. The molecule has 116 valence electrons. The van der Waals surface area contributed by atoms with Gasteiger partial charge in [0.05, 0.1) is 6.20 Å². The third-order valence-corrected chi connectivity index (χ3v) is 3.15. The molecule has 1 aromatic heterocycles. The fourth-order valence-electron chi connectivity index (χ4n) is 1.89. The van der Waals surface area contributed by atoms with Gasteiger partial charge in [0.15, 0.2) is 0 Å². The minimum absolute atomic E-state index is 0.176. The van der Waals surface area contributed by atoms with E-state index in [4.69, 9.17) is 9.47 Å². The number of nitrogens with zero attached hydrogens (tertiary/aromatic N) is 1. The third kappa shape index (κ3) is 5.20. The number of benzene rings is 1. The average Bonchev–Trinajstić information content (AvgIpc) is 2.53. The van der Waals surface area contributed by atoms with Gasteiger partial charge in [-0.2, -0.15) is 0 Å². The topological polar surface area (TPSA) is 48.4 Å². The van der Waals surface area contributed by atoms with Crippen LogP contribution in [0.25, 0.3) is 0 Å². The lowest BCUT2D eigenvalue weighted by Gasteiger charge is -2.11. The Kier molecular flexibility index (Phi) is 5.95. The summed E-state index contributed by atoms with van der Waals surface area (Å²) in [4.78, 5) is 15.7. The summed E-state index contributed by atoms with van der Waals surface area (Å²) in [6.45, 7) is 4.39. The first kappa shape index (κ1) is 16.0. The highest BCUT2D eigenvalue weighted by molar-refractivity contribution is 5.69. The summed E-state index contributed by atoms with van der Waals surface area (Å²) in [5.74, 6) is 1.65. The second kappa shape index (κ2) is 8.17. The Hall–Kier alpha value is -2.36. The van der Waals surface area contributed by atoms with Crippen LogP contribution in [0.2, 0.25) is 0 Å². The van der Waals surface area contributed by atoms with Gasteiger partial charge in [0.1, 0.15) is 18.1 Å². The maximum absolute atomic E-state index is 11.7. The number of para-hydroxylation sites is 1. The molecule has 2 aromatic rings. The van der Waals surface area contributed by atoms with Crippen LogP contribution in [0, 0.1) is 5.92 Å². The number of pyridine rings is 1. The van der Waals surface area contributed by atoms with Gasteiger partial charge in [-0.25, -0.2) is 0 Å². The summed E-state index contributed by atoms with van der Waals surface area (Å²) >= 11 is 0. The van der Waals surface area contributed by atoms with E-state index in [1.807, 2.05) is 36.4 Å². The van der Waals surface area contributed by atoms with Crippen LogP contribution in [-0.4, -0.2) is 11.0 Å². The minimum Gasteiger partial charge on any atom is -0.461 e. The fraction of sp³-hybridized carbons (Fsp3) is 0.333. The van der Waals surface area contributed by atoms with Crippen molar-refractivity contribution in [1.82, 2.24) is 4.98 Å². The third-order valence-electron chi connectivity index (χ3n) is 3.15. The Bertz CT molecular complexity index is 596. The molecule has 0 amide bonds. The molecule has 0 spiro atoms. The smallest absolute Gasteiger partial charge is 0.306 e. The van der Waals surface area contributed by atoms with E-state index < -0.39 is 0 Å². The highest BCUT2D eigenvalue weighted by Gasteiger charge is 2.09. The van der Waals surface area contributed by atoms with E-state index in [2.05, 4.69) is 18.8 Å². The highest BCUT2D eigenvalue weighted by atomic mass is 16.5. The molecule has 0 radical (unpaired) electrons. The molecule has 0 saturated carbocycles. The van der Waals surface area contributed by atoms with Crippen LogP contribution < -0.4 is 4.74 Å². The summed E-state index contributed by atoms with van der Waals surface area (Å²) in [5, 5.41) is 0. The normalized spacial score (nSPS) is 10.5. The van der Waals surface area contributed by atoms with Crippen molar-refractivity contribution in [3.63, 3.8) is 0 Å². The van der Waals surface area contributed by atoms with Crippen LogP contribution in [-0.2, 0) is 16.1 Å². The Labute approximate surface area is 131 Å². The monoisotopic (exact) mass is 299 g/mol. The maximum atomic E-state index is 11.7. The van der Waals surface area contributed by atoms with Gasteiger partial charge >= 0.3 is 5.97 Å². The summed E-state index contributed by atoms with van der Waals surface area (Å²) in [6.07, 6.45) is 4.62. The van der Waals surface area contributed by atoms with Crippen molar-refractivity contribution in [2.24, 2.45) is 5.92 Å². The van der Waals surface area contributed by atoms with Crippen LogP contribution in [0.4, 0.5) is 0 Å². The zero-order valence-electron chi connectivity index (χ0n) is 13.0. The van der Waals surface area contributed by atoms with Gasteiger partial charge in [-0.05, 0) is 30.5 Å². The highest BCUT2D eigenvalue weighted by Crippen LogP contribution is 2.25. The van der Waals surface area contributed by atoms with E-state index in [0.29, 0.717) is 23.8 Å². The number of hydrogen-bond acceptors (Lipinski definition) is 4. The van der Waals surface area contributed by atoms with Crippen LogP contribution in [0.1, 0.15) is 32.3 Å². The van der Waals surface area contributed by atoms with Gasteiger partial charge in [0.25, 0.3) is 0 Å². The van der Waals surface area contributed by atoms with Crippen molar-refractivity contribution in [2.45, 2.75) is 33.3 Å². The number of carbonyl (C=O) groups excluding carboxylic acids is 1. The van der Waals surface area contributed by atoms with Crippen molar-refractivity contribution < 1.29 is 14.3 Å². The Morgan fingerprint density at radius 2 is 2.00 bits per heavy atom. The molecule has 0 unspecified atom stereocenters. The minimum atomic E-state index is -0.176. The van der Waals surface area contributed by atoms with Crippen LogP contribution in [0.5, 0.6) is 11.5 Å².